The number of nitrogens with one attached hydrogen (secondary N) is 2. The Balaban J connectivity index is 0.00000392. The van der Waals surface area contributed by atoms with Crippen molar-refractivity contribution in [3.8, 4) is 0 Å². The van der Waals surface area contributed by atoms with Crippen molar-refractivity contribution < 1.29 is 13.2 Å². The van der Waals surface area contributed by atoms with Gasteiger partial charge in [-0.1, -0.05) is 13.8 Å². The smallest absolute Gasteiger partial charge is 0.357 e. The van der Waals surface area contributed by atoms with Crippen LogP contribution in [0.25, 0.3) is 0 Å². The molecule has 4 nitrogen and oxygen atoms in total. The number of hydrogen-bond acceptors (Lipinski definition) is 2. The van der Waals surface area contributed by atoms with Gasteiger partial charge in [-0.15, -0.1) is 24.0 Å². The maximum Gasteiger partial charge on any atom is 0.391 e. The Morgan fingerprint density at radius 2 is 1.82 bits per heavy atom. The molecule has 0 amide bonds. The average molecular weight is 518 g/mol. The number of hydrogen-bond donors (Lipinski definition) is 2. The SMILES string of the molecule is CCNC(=NCC1CCCN(CC(C)C)C1)NC1CCC(C(F)(F)F)CC1.I. The molecule has 8 heteroatoms. The highest BCUT2D eigenvalue weighted by Gasteiger charge is 2.41. The lowest BCUT2D eigenvalue weighted by Crippen LogP contribution is -2.46. The second-order valence-corrected chi connectivity index (χ2v) is 8.62. The lowest BCUT2D eigenvalue weighted by Gasteiger charge is -2.33. The normalized spacial score (nSPS) is 27.4. The monoisotopic (exact) mass is 518 g/mol. The van der Waals surface area contributed by atoms with Crippen LogP contribution < -0.4 is 10.6 Å². The van der Waals surface area contributed by atoms with Gasteiger partial charge in [-0.05, 0) is 63.8 Å². The number of aliphatic imine (C=N–C) groups is 1. The van der Waals surface area contributed by atoms with Crippen molar-refractivity contribution in [2.24, 2.45) is 22.7 Å². The first-order chi connectivity index (χ1) is 12.8. The molecule has 0 spiro atoms. The van der Waals surface area contributed by atoms with Gasteiger partial charge in [0.05, 0.1) is 5.92 Å². The molecule has 2 rings (SSSR count). The zero-order chi connectivity index (χ0) is 19.9. The van der Waals surface area contributed by atoms with Crippen LogP contribution in [0.4, 0.5) is 13.2 Å². The van der Waals surface area contributed by atoms with Crippen molar-refractivity contribution in [3.63, 3.8) is 0 Å². The van der Waals surface area contributed by atoms with Crippen LogP contribution >= 0.6 is 24.0 Å². The zero-order valence-corrected chi connectivity index (χ0v) is 19.9. The molecule has 0 aromatic heterocycles. The van der Waals surface area contributed by atoms with E-state index in [-0.39, 0.29) is 42.9 Å². The molecule has 2 fully saturated rings. The number of halogens is 4. The second-order valence-electron chi connectivity index (χ2n) is 8.62. The molecular formula is C20H38F3IN4. The summed E-state index contributed by atoms with van der Waals surface area (Å²) in [5.41, 5.74) is 0. The van der Waals surface area contributed by atoms with Crippen molar-refractivity contribution >= 4 is 29.9 Å². The van der Waals surface area contributed by atoms with Gasteiger partial charge in [-0.25, -0.2) is 0 Å². The summed E-state index contributed by atoms with van der Waals surface area (Å²) >= 11 is 0. The van der Waals surface area contributed by atoms with Crippen molar-refractivity contribution in [2.75, 3.05) is 32.7 Å². The largest absolute Gasteiger partial charge is 0.391 e. The van der Waals surface area contributed by atoms with Gasteiger partial charge in [0.15, 0.2) is 5.96 Å². The first-order valence-electron chi connectivity index (χ1n) is 10.6. The summed E-state index contributed by atoms with van der Waals surface area (Å²) in [5, 5.41) is 6.63. The second kappa shape index (κ2) is 12.4. The third kappa shape index (κ3) is 9.05. The van der Waals surface area contributed by atoms with E-state index in [2.05, 4.69) is 29.4 Å². The maximum atomic E-state index is 12.8. The van der Waals surface area contributed by atoms with Gasteiger partial charge in [-0.3, -0.25) is 4.99 Å². The molecule has 2 aliphatic rings. The fraction of sp³-hybridized carbons (Fsp3) is 0.950. The minimum atomic E-state index is -4.05. The summed E-state index contributed by atoms with van der Waals surface area (Å²) in [6.45, 7) is 11.5. The Morgan fingerprint density at radius 1 is 1.14 bits per heavy atom. The molecule has 166 valence electrons. The Morgan fingerprint density at radius 3 is 2.39 bits per heavy atom. The number of rotatable bonds is 6. The average Bonchev–Trinajstić information content (AvgIpc) is 2.59. The number of likely N-dealkylation sites (tertiary alicyclic amines) is 1. The van der Waals surface area contributed by atoms with Gasteiger partial charge < -0.3 is 15.5 Å². The topological polar surface area (TPSA) is 39.7 Å². The summed E-state index contributed by atoms with van der Waals surface area (Å²) in [6, 6.07) is 0.0881. The predicted molar refractivity (Wildman–Crippen MR) is 120 cm³/mol. The molecule has 0 aromatic carbocycles. The number of piperidine rings is 1. The van der Waals surface area contributed by atoms with Crippen LogP contribution in [0.1, 0.15) is 59.3 Å². The minimum absolute atomic E-state index is 0. The molecule has 2 N–H and O–H groups in total. The predicted octanol–water partition coefficient (Wildman–Crippen LogP) is 4.65. The van der Waals surface area contributed by atoms with Crippen LogP contribution in [-0.2, 0) is 0 Å². The summed E-state index contributed by atoms with van der Waals surface area (Å²) < 4.78 is 38.5. The minimum Gasteiger partial charge on any atom is -0.357 e. The molecule has 0 bridgehead atoms. The lowest BCUT2D eigenvalue weighted by molar-refractivity contribution is -0.182. The Bertz CT molecular complexity index is 463. The first-order valence-corrected chi connectivity index (χ1v) is 10.6. The van der Waals surface area contributed by atoms with Gasteiger partial charge in [-0.2, -0.15) is 13.2 Å². The van der Waals surface area contributed by atoms with Crippen LogP contribution in [0.3, 0.4) is 0 Å². The molecule has 1 saturated heterocycles. The fourth-order valence-electron chi connectivity index (χ4n) is 4.28. The first kappa shape index (κ1) is 25.8. The highest BCUT2D eigenvalue weighted by atomic mass is 127. The van der Waals surface area contributed by atoms with Crippen LogP contribution in [0.2, 0.25) is 0 Å². The van der Waals surface area contributed by atoms with Gasteiger partial charge in [0.1, 0.15) is 0 Å². The van der Waals surface area contributed by atoms with E-state index in [4.69, 9.17) is 4.99 Å². The summed E-state index contributed by atoms with van der Waals surface area (Å²) in [5.74, 6) is 0.866. The fourth-order valence-corrected chi connectivity index (χ4v) is 4.28. The van der Waals surface area contributed by atoms with E-state index in [0.29, 0.717) is 24.7 Å². The highest BCUT2D eigenvalue weighted by molar-refractivity contribution is 14.0. The molecule has 1 saturated carbocycles. The quantitative estimate of drug-likeness (QED) is 0.306. The van der Waals surface area contributed by atoms with E-state index in [1.165, 1.54) is 19.4 Å². The Labute approximate surface area is 185 Å². The highest BCUT2D eigenvalue weighted by Crippen LogP contribution is 2.37. The van der Waals surface area contributed by atoms with Crippen molar-refractivity contribution in [3.05, 3.63) is 0 Å². The van der Waals surface area contributed by atoms with Crippen LogP contribution in [0.15, 0.2) is 4.99 Å². The number of nitrogens with zero attached hydrogens (tertiary/aromatic N) is 2. The maximum absolute atomic E-state index is 12.8. The van der Waals surface area contributed by atoms with E-state index in [0.717, 1.165) is 32.1 Å². The van der Waals surface area contributed by atoms with Crippen LogP contribution in [0.5, 0.6) is 0 Å². The van der Waals surface area contributed by atoms with Gasteiger partial charge in [0, 0.05) is 32.2 Å². The van der Waals surface area contributed by atoms with Crippen molar-refractivity contribution in [1.82, 2.24) is 15.5 Å². The third-order valence-electron chi connectivity index (χ3n) is 5.61. The molecule has 1 atom stereocenters. The van der Waals surface area contributed by atoms with Gasteiger partial charge >= 0.3 is 6.18 Å². The van der Waals surface area contributed by atoms with E-state index in [1.807, 2.05) is 6.92 Å². The van der Waals surface area contributed by atoms with E-state index in [9.17, 15) is 13.2 Å². The Hall–Kier alpha value is -0.250. The van der Waals surface area contributed by atoms with E-state index < -0.39 is 12.1 Å². The molecule has 28 heavy (non-hydrogen) atoms. The number of guanidine groups is 1. The molecule has 1 aliphatic heterocycles. The van der Waals surface area contributed by atoms with Crippen LogP contribution in [0, 0.1) is 17.8 Å². The summed E-state index contributed by atoms with van der Waals surface area (Å²) in [4.78, 5) is 7.29. The summed E-state index contributed by atoms with van der Waals surface area (Å²) in [7, 11) is 0. The van der Waals surface area contributed by atoms with Gasteiger partial charge in [0.2, 0.25) is 0 Å². The van der Waals surface area contributed by atoms with Crippen molar-refractivity contribution in [1.29, 1.82) is 0 Å². The molecule has 1 aliphatic carbocycles. The molecule has 0 radical (unpaired) electrons. The molecule has 1 heterocycles. The molecule has 1 unspecified atom stereocenters. The van der Waals surface area contributed by atoms with E-state index >= 15 is 0 Å². The van der Waals surface area contributed by atoms with E-state index in [1.54, 1.807) is 0 Å². The lowest BCUT2D eigenvalue weighted by atomic mass is 9.85. The molecule has 0 aromatic rings. The Kier molecular flexibility index (Phi) is 11.5. The van der Waals surface area contributed by atoms with Crippen molar-refractivity contribution in [2.45, 2.75) is 71.5 Å². The van der Waals surface area contributed by atoms with Gasteiger partial charge in [0.25, 0.3) is 0 Å². The zero-order valence-electron chi connectivity index (χ0n) is 17.5. The third-order valence-corrected chi connectivity index (χ3v) is 5.61. The molecular weight excluding hydrogens is 480 g/mol. The number of alkyl halides is 3. The summed E-state index contributed by atoms with van der Waals surface area (Å²) in [6.07, 6.45) is -0.0833. The van der Waals surface area contributed by atoms with Crippen LogP contribution in [-0.4, -0.2) is 55.8 Å². The standard InChI is InChI=1S/C20H37F3N4.HI/c1-4-24-19(26-18-9-7-17(8-10-18)20(21,22)23)25-12-16-6-5-11-27(14-16)13-15(2)3;/h15-18H,4-14H2,1-3H3,(H2,24,25,26);1H.